The van der Waals surface area contributed by atoms with Crippen LogP contribution in [0.25, 0.3) is 10.9 Å². The summed E-state index contributed by atoms with van der Waals surface area (Å²) in [7, 11) is 4.73. The summed E-state index contributed by atoms with van der Waals surface area (Å²) in [4.78, 5) is 20.7. The predicted octanol–water partition coefficient (Wildman–Crippen LogP) is 2.23. The van der Waals surface area contributed by atoms with Crippen LogP contribution in [0.4, 0.5) is 10.1 Å². The average molecular weight is 524 g/mol. The molecule has 4 aromatic rings. The van der Waals surface area contributed by atoms with Gasteiger partial charge >= 0.3 is 0 Å². The molecule has 38 heavy (non-hydrogen) atoms. The molecule has 2 aromatic carbocycles. The summed E-state index contributed by atoms with van der Waals surface area (Å²) in [5.74, 6) is 1.36. The number of rotatable bonds is 9. The lowest BCUT2D eigenvalue weighted by molar-refractivity contribution is 0.171. The number of anilines is 1. The van der Waals surface area contributed by atoms with Crippen LogP contribution in [0.3, 0.4) is 0 Å². The Morgan fingerprint density at radius 1 is 1.03 bits per heavy atom. The van der Waals surface area contributed by atoms with Crippen molar-refractivity contribution in [2.24, 2.45) is 0 Å². The second kappa shape index (κ2) is 11.2. The molecule has 0 spiro atoms. The number of piperazine rings is 1. The van der Waals surface area contributed by atoms with Gasteiger partial charge in [0, 0.05) is 50.3 Å². The zero-order valence-corrected chi connectivity index (χ0v) is 21.6. The summed E-state index contributed by atoms with van der Waals surface area (Å²) in [5.41, 5.74) is 1.43. The molecule has 3 heterocycles. The van der Waals surface area contributed by atoms with Crippen LogP contribution in [-0.2, 0) is 11.3 Å². The summed E-state index contributed by atoms with van der Waals surface area (Å²) in [6.45, 7) is 3.14. The molecule has 12 heteroatoms. The fourth-order valence-corrected chi connectivity index (χ4v) is 4.93. The Morgan fingerprint density at radius 3 is 2.47 bits per heavy atom. The normalized spacial score (nSPS) is 15.1. The number of para-hydroxylation sites is 1. The van der Waals surface area contributed by atoms with E-state index in [0.29, 0.717) is 73.4 Å². The number of halogens is 1. The van der Waals surface area contributed by atoms with Crippen LogP contribution in [0.2, 0.25) is 0 Å². The van der Waals surface area contributed by atoms with Crippen LogP contribution in [0.1, 0.15) is 17.4 Å². The number of fused-ring (bicyclic) bond motifs is 1. The second-order valence-electron chi connectivity index (χ2n) is 8.98. The Balaban J connectivity index is 1.55. The zero-order chi connectivity index (χ0) is 26.6. The molecular weight excluding hydrogens is 493 g/mol. The van der Waals surface area contributed by atoms with Crippen LogP contribution >= 0.6 is 0 Å². The molecule has 1 aliphatic heterocycles. The minimum atomic E-state index is -0.536. The van der Waals surface area contributed by atoms with Gasteiger partial charge in [0.2, 0.25) is 0 Å². The molecule has 0 saturated carbocycles. The van der Waals surface area contributed by atoms with Crippen molar-refractivity contribution >= 4 is 16.6 Å². The summed E-state index contributed by atoms with van der Waals surface area (Å²) < 4.78 is 32.2. The number of aromatic nitrogens is 5. The van der Waals surface area contributed by atoms with Crippen molar-refractivity contribution in [2.75, 3.05) is 59.0 Å². The van der Waals surface area contributed by atoms with Crippen molar-refractivity contribution in [3.05, 3.63) is 70.0 Å². The van der Waals surface area contributed by atoms with E-state index < -0.39 is 6.04 Å². The maximum Gasteiger partial charge on any atom is 0.253 e. The molecule has 200 valence electrons. The Bertz CT molecular complexity index is 1470. The van der Waals surface area contributed by atoms with Crippen LogP contribution in [-0.4, -0.2) is 84.2 Å². The van der Waals surface area contributed by atoms with E-state index in [1.807, 2.05) is 23.1 Å². The first-order valence-electron chi connectivity index (χ1n) is 12.3. The van der Waals surface area contributed by atoms with Crippen LogP contribution in [0.15, 0.2) is 47.3 Å². The van der Waals surface area contributed by atoms with Crippen molar-refractivity contribution < 1.29 is 18.6 Å². The largest absolute Gasteiger partial charge is 0.493 e. The highest BCUT2D eigenvalue weighted by Crippen LogP contribution is 2.34. The highest BCUT2D eigenvalue weighted by molar-refractivity contribution is 5.83. The van der Waals surface area contributed by atoms with E-state index >= 15 is 0 Å². The average Bonchev–Trinajstić information content (AvgIpc) is 3.40. The van der Waals surface area contributed by atoms with Crippen molar-refractivity contribution in [1.29, 1.82) is 0 Å². The third-order valence-corrected chi connectivity index (χ3v) is 6.86. The number of nitrogens with zero attached hydrogens (tertiary/aromatic N) is 6. The summed E-state index contributed by atoms with van der Waals surface area (Å²) in [6, 6.07) is 11.6. The predicted molar refractivity (Wildman–Crippen MR) is 139 cm³/mol. The SMILES string of the molecule is COCCn1nnnc1[C@@H](c1cc2cc(OC)c(OC)cc2[nH]c1=O)N1CCN(c2ccccc2F)CC1. The molecule has 11 nitrogen and oxygen atoms in total. The van der Waals surface area contributed by atoms with Gasteiger partial charge < -0.3 is 24.1 Å². The third kappa shape index (κ3) is 4.92. The first-order chi connectivity index (χ1) is 18.5. The van der Waals surface area contributed by atoms with Crippen molar-refractivity contribution in [2.45, 2.75) is 12.6 Å². The standard InChI is InChI=1S/C26H30FN7O4/c1-36-13-12-34-25(29-30-31-34)24(33-10-8-32(9-11-33)21-7-5-4-6-19(21)27)18-14-17-15-22(37-2)23(38-3)16-20(17)28-26(18)35/h4-7,14-16,24H,8-13H2,1-3H3,(H,28,35)/t24-/m1/s1. The van der Waals surface area contributed by atoms with Crippen LogP contribution in [0.5, 0.6) is 11.5 Å². The van der Waals surface area contributed by atoms with Gasteiger partial charge in [-0.15, -0.1) is 5.10 Å². The molecule has 1 aliphatic rings. The lowest BCUT2D eigenvalue weighted by Gasteiger charge is -2.39. The number of benzene rings is 2. The van der Waals surface area contributed by atoms with Crippen LogP contribution in [0, 0.1) is 5.82 Å². The maximum atomic E-state index is 14.4. The monoisotopic (exact) mass is 523 g/mol. The van der Waals surface area contributed by atoms with Gasteiger partial charge in [0.15, 0.2) is 17.3 Å². The Kier molecular flexibility index (Phi) is 7.52. The Morgan fingerprint density at radius 2 is 1.76 bits per heavy atom. The molecule has 1 N–H and O–H groups in total. The van der Waals surface area contributed by atoms with Gasteiger partial charge in [-0.2, -0.15) is 0 Å². The van der Waals surface area contributed by atoms with E-state index in [-0.39, 0.29) is 11.4 Å². The number of hydrogen-bond donors (Lipinski definition) is 1. The number of aromatic amines is 1. The molecule has 1 atom stereocenters. The summed E-state index contributed by atoms with van der Waals surface area (Å²) in [6.07, 6.45) is 0. The first kappa shape index (κ1) is 25.6. The van der Waals surface area contributed by atoms with E-state index in [1.54, 1.807) is 44.2 Å². The smallest absolute Gasteiger partial charge is 0.253 e. The van der Waals surface area contributed by atoms with E-state index in [9.17, 15) is 9.18 Å². The molecular formula is C26H30FN7O4. The van der Waals surface area contributed by atoms with Crippen molar-refractivity contribution in [1.82, 2.24) is 30.1 Å². The van der Waals surface area contributed by atoms with Crippen LogP contribution < -0.4 is 19.9 Å². The molecule has 1 saturated heterocycles. The Hall–Kier alpha value is -4.03. The van der Waals surface area contributed by atoms with Gasteiger partial charge in [-0.05, 0) is 34.7 Å². The van der Waals surface area contributed by atoms with Gasteiger partial charge in [-0.3, -0.25) is 9.69 Å². The zero-order valence-electron chi connectivity index (χ0n) is 21.6. The fourth-order valence-electron chi connectivity index (χ4n) is 4.93. The summed E-state index contributed by atoms with van der Waals surface area (Å²) in [5, 5.41) is 13.2. The molecule has 0 unspecified atom stereocenters. The highest BCUT2D eigenvalue weighted by atomic mass is 19.1. The molecule has 2 aromatic heterocycles. The number of methoxy groups -OCH3 is 3. The fraction of sp³-hybridized carbons (Fsp3) is 0.385. The lowest BCUT2D eigenvalue weighted by atomic mass is 10.0. The van der Waals surface area contributed by atoms with E-state index in [1.165, 1.54) is 6.07 Å². The maximum absolute atomic E-state index is 14.4. The number of hydrogen-bond acceptors (Lipinski definition) is 9. The van der Waals surface area contributed by atoms with Gasteiger partial charge in [-0.1, -0.05) is 12.1 Å². The topological polar surface area (TPSA) is 111 Å². The molecule has 0 radical (unpaired) electrons. The Labute approximate surface area is 218 Å². The van der Waals surface area contributed by atoms with Crippen molar-refractivity contribution in [3.8, 4) is 11.5 Å². The van der Waals surface area contributed by atoms with E-state index in [4.69, 9.17) is 14.2 Å². The van der Waals surface area contributed by atoms with Gasteiger partial charge in [0.1, 0.15) is 11.9 Å². The van der Waals surface area contributed by atoms with Gasteiger partial charge in [0.25, 0.3) is 5.56 Å². The second-order valence-corrected chi connectivity index (χ2v) is 8.98. The molecule has 5 rings (SSSR count). The lowest BCUT2D eigenvalue weighted by Crippen LogP contribution is -2.49. The van der Waals surface area contributed by atoms with E-state index in [0.717, 1.165) is 5.39 Å². The quantitative estimate of drug-likeness (QED) is 0.353. The molecule has 1 fully saturated rings. The number of ether oxygens (including phenoxy) is 3. The number of nitrogens with one attached hydrogen (secondary N) is 1. The first-order valence-corrected chi connectivity index (χ1v) is 12.3. The van der Waals surface area contributed by atoms with Gasteiger partial charge in [-0.25, -0.2) is 9.07 Å². The molecule has 0 aliphatic carbocycles. The van der Waals surface area contributed by atoms with Crippen molar-refractivity contribution in [3.63, 3.8) is 0 Å². The summed E-state index contributed by atoms with van der Waals surface area (Å²) >= 11 is 0. The minimum absolute atomic E-state index is 0.253. The van der Waals surface area contributed by atoms with Gasteiger partial charge in [0.05, 0.1) is 38.6 Å². The molecule has 0 amide bonds. The third-order valence-electron chi connectivity index (χ3n) is 6.86. The van der Waals surface area contributed by atoms with E-state index in [2.05, 4.69) is 25.4 Å². The molecule has 0 bridgehead atoms. The number of H-pyrrole nitrogens is 1. The highest BCUT2D eigenvalue weighted by Gasteiger charge is 2.33. The minimum Gasteiger partial charge on any atom is -0.493 e. The number of tetrazole rings is 1. The number of pyridine rings is 1.